The van der Waals surface area contributed by atoms with Crippen molar-refractivity contribution >= 4 is 11.7 Å². The lowest BCUT2D eigenvalue weighted by molar-refractivity contribution is -0.141. The quantitative estimate of drug-likeness (QED) is 0.717. The molecule has 16 heavy (non-hydrogen) atoms. The lowest BCUT2D eigenvalue weighted by Crippen LogP contribution is -2.38. The van der Waals surface area contributed by atoms with Crippen LogP contribution in [-0.4, -0.2) is 32.8 Å². The number of nitrogens with two attached hydrogens (primary N) is 1. The van der Waals surface area contributed by atoms with E-state index in [9.17, 15) is 4.79 Å². The average molecular weight is 224 g/mol. The number of rotatable bonds is 5. The number of carbonyl (C=O) groups is 1. The molecule has 0 aliphatic heterocycles. The smallest absolute Gasteiger partial charge is 0.324 e. The van der Waals surface area contributed by atoms with Crippen LogP contribution in [0.15, 0.2) is 24.3 Å². The molecule has 0 bridgehead atoms. The minimum absolute atomic E-state index is 0.332. The summed E-state index contributed by atoms with van der Waals surface area (Å²) in [6, 6.07) is 6.69. The summed E-state index contributed by atoms with van der Waals surface area (Å²) >= 11 is 0. The van der Waals surface area contributed by atoms with Crippen molar-refractivity contribution in [1.29, 1.82) is 0 Å². The number of methoxy groups -OCH3 is 2. The number of hydrogen-bond acceptors (Lipinski definition) is 5. The van der Waals surface area contributed by atoms with E-state index in [-0.39, 0.29) is 0 Å². The third kappa shape index (κ3) is 3.43. The van der Waals surface area contributed by atoms with Crippen molar-refractivity contribution < 1.29 is 14.3 Å². The molecule has 1 rings (SSSR count). The molecule has 0 saturated carbocycles. The Morgan fingerprint density at radius 2 is 2.00 bits per heavy atom. The van der Waals surface area contributed by atoms with Crippen molar-refractivity contribution in [3.63, 3.8) is 0 Å². The van der Waals surface area contributed by atoms with Gasteiger partial charge < -0.3 is 20.5 Å². The predicted molar refractivity (Wildman–Crippen MR) is 61.5 cm³/mol. The van der Waals surface area contributed by atoms with Crippen LogP contribution >= 0.6 is 0 Å². The van der Waals surface area contributed by atoms with Crippen molar-refractivity contribution in [3.8, 4) is 5.75 Å². The number of anilines is 1. The molecule has 88 valence electrons. The summed E-state index contributed by atoms with van der Waals surface area (Å²) in [5.41, 5.74) is 6.45. The Bertz CT molecular complexity index is 338. The highest BCUT2D eigenvalue weighted by Crippen LogP contribution is 2.14. The fraction of sp³-hybridized carbons (Fsp3) is 0.364. The first-order valence-corrected chi connectivity index (χ1v) is 4.88. The maximum atomic E-state index is 11.0. The van der Waals surface area contributed by atoms with Crippen LogP contribution in [0, 0.1) is 0 Å². The summed E-state index contributed by atoms with van der Waals surface area (Å²) in [5, 5.41) is 3.03. The van der Waals surface area contributed by atoms with E-state index in [1.807, 2.05) is 24.3 Å². The topological polar surface area (TPSA) is 73.6 Å². The van der Waals surface area contributed by atoms with Gasteiger partial charge in [-0.3, -0.25) is 4.79 Å². The van der Waals surface area contributed by atoms with Crippen LogP contribution in [0.1, 0.15) is 0 Å². The van der Waals surface area contributed by atoms with Crippen LogP contribution in [0.2, 0.25) is 0 Å². The monoisotopic (exact) mass is 224 g/mol. The molecule has 0 fully saturated rings. The zero-order valence-electron chi connectivity index (χ0n) is 9.40. The molecule has 1 atom stereocenters. The van der Waals surface area contributed by atoms with Crippen molar-refractivity contribution in [3.05, 3.63) is 24.3 Å². The van der Waals surface area contributed by atoms with Gasteiger partial charge >= 0.3 is 5.97 Å². The molecule has 0 aromatic heterocycles. The van der Waals surface area contributed by atoms with Crippen molar-refractivity contribution in [1.82, 2.24) is 0 Å². The van der Waals surface area contributed by atoms with Crippen molar-refractivity contribution in [2.45, 2.75) is 6.04 Å². The Kier molecular flexibility index (Phi) is 4.60. The molecule has 0 heterocycles. The number of hydrogen-bond donors (Lipinski definition) is 2. The van der Waals surface area contributed by atoms with Gasteiger partial charge in [0.25, 0.3) is 0 Å². The van der Waals surface area contributed by atoms with E-state index in [0.29, 0.717) is 6.54 Å². The first-order chi connectivity index (χ1) is 7.67. The number of nitrogens with one attached hydrogen (secondary N) is 1. The second-order valence-corrected chi connectivity index (χ2v) is 3.24. The number of carbonyl (C=O) groups excluding carboxylic acids is 1. The minimum Gasteiger partial charge on any atom is -0.497 e. The molecule has 0 saturated heterocycles. The number of esters is 1. The van der Waals surface area contributed by atoms with E-state index in [1.54, 1.807) is 7.11 Å². The standard InChI is InChI=1S/C11H16N2O3/c1-15-9-5-3-8(4-6-9)13-7-10(12)11(14)16-2/h3-6,10,13H,7,12H2,1-2H3/t10-/m1/s1. The van der Waals surface area contributed by atoms with Gasteiger partial charge in [0, 0.05) is 12.2 Å². The molecule has 5 heteroatoms. The molecule has 5 nitrogen and oxygen atoms in total. The Hall–Kier alpha value is -1.75. The van der Waals surface area contributed by atoms with E-state index >= 15 is 0 Å². The highest BCUT2D eigenvalue weighted by atomic mass is 16.5. The first-order valence-electron chi connectivity index (χ1n) is 4.88. The van der Waals surface area contributed by atoms with Gasteiger partial charge in [-0.15, -0.1) is 0 Å². The molecule has 0 amide bonds. The Morgan fingerprint density at radius 1 is 1.38 bits per heavy atom. The molecule has 1 aromatic carbocycles. The van der Waals surface area contributed by atoms with Crippen LogP contribution in [0.5, 0.6) is 5.75 Å². The van der Waals surface area contributed by atoms with Crippen LogP contribution in [-0.2, 0) is 9.53 Å². The van der Waals surface area contributed by atoms with Gasteiger partial charge in [0.05, 0.1) is 14.2 Å². The van der Waals surface area contributed by atoms with Gasteiger partial charge in [0.15, 0.2) is 0 Å². The van der Waals surface area contributed by atoms with Gasteiger partial charge in [-0.05, 0) is 24.3 Å². The lowest BCUT2D eigenvalue weighted by Gasteiger charge is -2.11. The summed E-state index contributed by atoms with van der Waals surface area (Å²) in [4.78, 5) is 11.0. The van der Waals surface area contributed by atoms with Gasteiger partial charge in [-0.25, -0.2) is 0 Å². The van der Waals surface area contributed by atoms with Crippen LogP contribution < -0.4 is 15.8 Å². The molecular weight excluding hydrogens is 208 g/mol. The second kappa shape index (κ2) is 5.97. The zero-order chi connectivity index (χ0) is 12.0. The fourth-order valence-corrected chi connectivity index (χ4v) is 1.17. The van der Waals surface area contributed by atoms with E-state index < -0.39 is 12.0 Å². The third-order valence-electron chi connectivity index (χ3n) is 2.12. The van der Waals surface area contributed by atoms with Crippen LogP contribution in [0.3, 0.4) is 0 Å². The van der Waals surface area contributed by atoms with Gasteiger partial charge in [-0.2, -0.15) is 0 Å². The molecule has 0 spiro atoms. The summed E-state index contributed by atoms with van der Waals surface area (Å²) in [7, 11) is 2.92. The lowest BCUT2D eigenvalue weighted by atomic mass is 10.2. The highest BCUT2D eigenvalue weighted by Gasteiger charge is 2.12. The van der Waals surface area contributed by atoms with Crippen molar-refractivity contribution in [2.75, 3.05) is 26.1 Å². The Balaban J connectivity index is 2.45. The third-order valence-corrected chi connectivity index (χ3v) is 2.12. The molecule has 0 radical (unpaired) electrons. The summed E-state index contributed by atoms with van der Waals surface area (Å²) < 4.78 is 9.54. The molecule has 0 aliphatic carbocycles. The second-order valence-electron chi connectivity index (χ2n) is 3.24. The number of ether oxygens (including phenoxy) is 2. The normalized spacial score (nSPS) is 11.7. The first kappa shape index (κ1) is 12.3. The van der Waals surface area contributed by atoms with Gasteiger partial charge in [0.1, 0.15) is 11.8 Å². The van der Waals surface area contributed by atoms with E-state index in [1.165, 1.54) is 7.11 Å². The van der Waals surface area contributed by atoms with Gasteiger partial charge in [0.2, 0.25) is 0 Å². The average Bonchev–Trinajstić information content (AvgIpc) is 2.35. The molecular formula is C11H16N2O3. The summed E-state index contributed by atoms with van der Waals surface area (Å²) in [6.45, 7) is 0.332. The molecule has 1 aromatic rings. The molecule has 0 aliphatic rings. The minimum atomic E-state index is -0.660. The van der Waals surface area contributed by atoms with E-state index in [0.717, 1.165) is 11.4 Å². The maximum Gasteiger partial charge on any atom is 0.324 e. The van der Waals surface area contributed by atoms with Crippen LogP contribution in [0.25, 0.3) is 0 Å². The summed E-state index contributed by atoms with van der Waals surface area (Å²) in [6.07, 6.45) is 0. The Labute approximate surface area is 94.5 Å². The fourth-order valence-electron chi connectivity index (χ4n) is 1.17. The molecule has 3 N–H and O–H groups in total. The highest BCUT2D eigenvalue weighted by molar-refractivity contribution is 5.76. The maximum absolute atomic E-state index is 11.0. The number of benzene rings is 1. The van der Waals surface area contributed by atoms with E-state index in [4.69, 9.17) is 10.5 Å². The predicted octanol–water partition coefficient (Wildman–Crippen LogP) is 0.607. The SMILES string of the molecule is COC(=O)[C@H](N)CNc1ccc(OC)cc1. The summed E-state index contributed by atoms with van der Waals surface area (Å²) in [5.74, 6) is 0.351. The Morgan fingerprint density at radius 3 is 2.50 bits per heavy atom. The van der Waals surface area contributed by atoms with Crippen LogP contribution in [0.4, 0.5) is 5.69 Å². The van der Waals surface area contributed by atoms with Crippen molar-refractivity contribution in [2.24, 2.45) is 5.73 Å². The zero-order valence-corrected chi connectivity index (χ0v) is 9.40. The van der Waals surface area contributed by atoms with E-state index in [2.05, 4.69) is 10.1 Å². The van der Waals surface area contributed by atoms with Gasteiger partial charge in [-0.1, -0.05) is 0 Å². The molecule has 0 unspecified atom stereocenters. The largest absolute Gasteiger partial charge is 0.497 e.